The van der Waals surface area contributed by atoms with E-state index in [1.807, 2.05) is 24.3 Å². The number of sulfonamides is 1. The van der Waals surface area contributed by atoms with Gasteiger partial charge < -0.3 is 14.8 Å². The fourth-order valence-electron chi connectivity index (χ4n) is 3.41. The third-order valence-corrected chi connectivity index (χ3v) is 6.88. The summed E-state index contributed by atoms with van der Waals surface area (Å²) in [5, 5.41) is 2.73. The van der Waals surface area contributed by atoms with Crippen molar-refractivity contribution in [3.63, 3.8) is 0 Å². The maximum absolute atomic E-state index is 13.2. The molecule has 0 atom stereocenters. The number of hydrogen-bond donors (Lipinski definition) is 1. The fraction of sp³-hybridized carbons (Fsp3) is 0.348. The zero-order valence-corrected chi connectivity index (χ0v) is 18.7. The third-order valence-electron chi connectivity index (χ3n) is 4.96. The maximum Gasteiger partial charge on any atom is 0.248 e. The predicted molar refractivity (Wildman–Crippen MR) is 121 cm³/mol. The van der Waals surface area contributed by atoms with Gasteiger partial charge in [-0.15, -0.1) is 0 Å². The van der Waals surface area contributed by atoms with Crippen LogP contribution in [0.25, 0.3) is 6.08 Å². The molecule has 1 amide bonds. The van der Waals surface area contributed by atoms with Crippen LogP contribution < -0.4 is 14.8 Å². The Morgan fingerprint density at radius 3 is 2.61 bits per heavy atom. The molecule has 0 radical (unpaired) electrons. The monoisotopic (exact) mass is 444 g/mol. The Morgan fingerprint density at radius 1 is 1.13 bits per heavy atom. The summed E-state index contributed by atoms with van der Waals surface area (Å²) in [6.45, 7) is 3.13. The van der Waals surface area contributed by atoms with Gasteiger partial charge in [-0.2, -0.15) is 4.31 Å². The van der Waals surface area contributed by atoms with Crippen molar-refractivity contribution in [1.82, 2.24) is 4.31 Å². The number of nitrogens with one attached hydrogen (secondary N) is 1. The lowest BCUT2D eigenvalue weighted by Crippen LogP contribution is -2.35. The van der Waals surface area contributed by atoms with Crippen molar-refractivity contribution in [2.24, 2.45) is 0 Å². The molecule has 2 aromatic rings. The summed E-state index contributed by atoms with van der Waals surface area (Å²) in [7, 11) is -2.13. The van der Waals surface area contributed by atoms with E-state index in [4.69, 9.17) is 9.47 Å². The van der Waals surface area contributed by atoms with Crippen LogP contribution >= 0.6 is 0 Å². The first-order chi connectivity index (χ1) is 14.9. The minimum Gasteiger partial charge on any atom is -0.497 e. The van der Waals surface area contributed by atoms with Crippen molar-refractivity contribution < 1.29 is 22.7 Å². The topological polar surface area (TPSA) is 84.9 Å². The number of benzene rings is 2. The molecule has 166 valence electrons. The van der Waals surface area contributed by atoms with Gasteiger partial charge >= 0.3 is 0 Å². The Bertz CT molecular complexity index is 1040. The Labute approximate surface area is 183 Å². The number of amides is 1. The number of methoxy groups -OCH3 is 1. The second-order valence-electron chi connectivity index (χ2n) is 7.16. The van der Waals surface area contributed by atoms with Gasteiger partial charge in [0.2, 0.25) is 15.9 Å². The first-order valence-electron chi connectivity index (χ1n) is 10.3. The largest absolute Gasteiger partial charge is 0.497 e. The van der Waals surface area contributed by atoms with E-state index >= 15 is 0 Å². The van der Waals surface area contributed by atoms with E-state index in [-0.39, 0.29) is 16.6 Å². The lowest BCUT2D eigenvalue weighted by atomic mass is 10.2. The summed E-state index contributed by atoms with van der Waals surface area (Å²) in [5.74, 6) is 0.618. The zero-order chi connectivity index (χ0) is 22.3. The second kappa shape index (κ2) is 10.5. The molecular weight excluding hydrogens is 416 g/mol. The van der Waals surface area contributed by atoms with Gasteiger partial charge in [0.15, 0.2) is 0 Å². The van der Waals surface area contributed by atoms with E-state index in [0.29, 0.717) is 31.1 Å². The van der Waals surface area contributed by atoms with Gasteiger partial charge in [-0.1, -0.05) is 18.6 Å². The molecule has 1 aliphatic rings. The van der Waals surface area contributed by atoms with Crippen LogP contribution in [0.5, 0.6) is 11.5 Å². The van der Waals surface area contributed by atoms with Crippen LogP contribution in [0.3, 0.4) is 0 Å². The molecule has 1 N–H and O–H groups in total. The highest BCUT2D eigenvalue weighted by atomic mass is 32.2. The van der Waals surface area contributed by atoms with E-state index in [2.05, 4.69) is 5.32 Å². The number of rotatable bonds is 8. The molecule has 1 saturated heterocycles. The van der Waals surface area contributed by atoms with Crippen LogP contribution in [0.4, 0.5) is 5.69 Å². The Hall–Kier alpha value is -2.84. The van der Waals surface area contributed by atoms with Gasteiger partial charge in [-0.05, 0) is 61.7 Å². The molecule has 31 heavy (non-hydrogen) atoms. The number of ether oxygens (including phenoxy) is 2. The average molecular weight is 445 g/mol. The average Bonchev–Trinajstić information content (AvgIpc) is 2.79. The van der Waals surface area contributed by atoms with Crippen molar-refractivity contribution >= 4 is 27.7 Å². The maximum atomic E-state index is 13.2. The first kappa shape index (κ1) is 22.8. The molecule has 0 saturated carbocycles. The molecule has 7 nitrogen and oxygen atoms in total. The standard InChI is InChI=1S/C23H28N2O5S/c1-3-30-21-12-11-19(17-22(21)31(27,28)25-14-5-4-6-15-25)24-23(26)13-10-18-8-7-9-20(16-18)29-2/h7-13,16-17H,3-6,14-15H2,1-2H3,(H,24,26). The van der Waals surface area contributed by atoms with Gasteiger partial charge in [-0.3, -0.25) is 4.79 Å². The first-order valence-corrected chi connectivity index (χ1v) is 11.8. The molecule has 1 heterocycles. The zero-order valence-electron chi connectivity index (χ0n) is 17.8. The van der Waals surface area contributed by atoms with E-state index in [1.165, 1.54) is 16.4 Å². The van der Waals surface area contributed by atoms with Crippen molar-refractivity contribution in [2.75, 3.05) is 32.1 Å². The van der Waals surface area contributed by atoms with E-state index in [0.717, 1.165) is 24.8 Å². The summed E-state index contributed by atoms with van der Waals surface area (Å²) in [4.78, 5) is 12.5. The third kappa shape index (κ3) is 5.86. The molecule has 0 bridgehead atoms. The number of anilines is 1. The molecule has 0 aliphatic carbocycles. The molecule has 0 unspecified atom stereocenters. The SMILES string of the molecule is CCOc1ccc(NC(=O)C=Cc2cccc(OC)c2)cc1S(=O)(=O)N1CCCCC1. The summed E-state index contributed by atoms with van der Waals surface area (Å²) in [6.07, 6.45) is 5.77. The number of hydrogen-bond acceptors (Lipinski definition) is 5. The second-order valence-corrected chi connectivity index (χ2v) is 9.06. The Morgan fingerprint density at radius 2 is 1.90 bits per heavy atom. The highest BCUT2D eigenvalue weighted by Gasteiger charge is 2.29. The molecule has 2 aromatic carbocycles. The minimum absolute atomic E-state index is 0.0748. The molecule has 0 spiro atoms. The summed E-state index contributed by atoms with van der Waals surface area (Å²) in [6, 6.07) is 12.0. The van der Waals surface area contributed by atoms with Crippen LogP contribution in [0.1, 0.15) is 31.7 Å². The van der Waals surface area contributed by atoms with E-state index < -0.39 is 10.0 Å². The molecule has 1 aliphatic heterocycles. The lowest BCUT2D eigenvalue weighted by molar-refractivity contribution is -0.111. The molecule has 8 heteroatoms. The van der Waals surface area contributed by atoms with Crippen LogP contribution in [0.2, 0.25) is 0 Å². The van der Waals surface area contributed by atoms with Crippen LogP contribution in [-0.2, 0) is 14.8 Å². The van der Waals surface area contributed by atoms with Crippen LogP contribution in [-0.4, -0.2) is 45.4 Å². The van der Waals surface area contributed by atoms with E-state index in [9.17, 15) is 13.2 Å². The lowest BCUT2D eigenvalue weighted by Gasteiger charge is -2.26. The van der Waals surface area contributed by atoms with E-state index in [1.54, 1.807) is 32.2 Å². The molecule has 0 aromatic heterocycles. The number of carbonyl (C=O) groups is 1. The van der Waals surface area contributed by atoms with Crippen molar-refractivity contribution in [1.29, 1.82) is 0 Å². The summed E-state index contributed by atoms with van der Waals surface area (Å²) in [5.41, 5.74) is 1.20. The molecule has 1 fully saturated rings. The van der Waals surface area contributed by atoms with Crippen molar-refractivity contribution in [3.05, 3.63) is 54.1 Å². The van der Waals surface area contributed by atoms with Crippen molar-refractivity contribution in [3.8, 4) is 11.5 Å². The summed E-state index contributed by atoms with van der Waals surface area (Å²) >= 11 is 0. The number of nitrogens with zero attached hydrogens (tertiary/aromatic N) is 1. The van der Waals surface area contributed by atoms with Crippen LogP contribution in [0.15, 0.2) is 53.4 Å². The summed E-state index contributed by atoms with van der Waals surface area (Å²) < 4.78 is 38.6. The molecular formula is C23H28N2O5S. The Balaban J connectivity index is 1.80. The smallest absolute Gasteiger partial charge is 0.248 e. The van der Waals surface area contributed by atoms with Crippen LogP contribution in [0, 0.1) is 0 Å². The number of carbonyl (C=O) groups excluding carboxylic acids is 1. The quantitative estimate of drug-likeness (QED) is 0.624. The minimum atomic E-state index is -3.71. The van der Waals surface area contributed by atoms with Crippen molar-refractivity contribution in [2.45, 2.75) is 31.1 Å². The highest BCUT2D eigenvalue weighted by Crippen LogP contribution is 2.31. The van der Waals surface area contributed by atoms with Gasteiger partial charge in [0.25, 0.3) is 0 Å². The number of piperidine rings is 1. The van der Waals surface area contributed by atoms with Gasteiger partial charge in [0.05, 0.1) is 13.7 Å². The Kier molecular flexibility index (Phi) is 7.70. The highest BCUT2D eigenvalue weighted by molar-refractivity contribution is 7.89. The predicted octanol–water partition coefficient (Wildman–Crippen LogP) is 3.92. The molecule has 3 rings (SSSR count). The van der Waals surface area contributed by atoms with Gasteiger partial charge in [0.1, 0.15) is 16.4 Å². The fourth-order valence-corrected chi connectivity index (χ4v) is 5.08. The van der Waals surface area contributed by atoms with Gasteiger partial charge in [0, 0.05) is 24.9 Å². The van der Waals surface area contributed by atoms with Gasteiger partial charge in [-0.25, -0.2) is 8.42 Å². The normalized spacial score (nSPS) is 15.0.